The van der Waals surface area contributed by atoms with Crippen molar-refractivity contribution in [3.63, 3.8) is 0 Å². The van der Waals surface area contributed by atoms with Crippen LogP contribution in [-0.4, -0.2) is 12.0 Å². The highest BCUT2D eigenvalue weighted by molar-refractivity contribution is 6.30. The van der Waals surface area contributed by atoms with Crippen LogP contribution in [0.5, 0.6) is 0 Å². The van der Waals surface area contributed by atoms with Crippen LogP contribution in [0.1, 0.15) is 17.2 Å². The van der Waals surface area contributed by atoms with Gasteiger partial charge >= 0.3 is 0 Å². The molecule has 1 atom stereocenters. The lowest BCUT2D eigenvalue weighted by Gasteiger charge is -2.18. The number of nitrogens with one attached hydrogen (secondary N) is 1. The molecule has 1 aromatic heterocycles. The Morgan fingerprint density at radius 2 is 1.94 bits per heavy atom. The lowest BCUT2D eigenvalue weighted by atomic mass is 9.99. The van der Waals surface area contributed by atoms with Gasteiger partial charge in [-0.25, -0.2) is 0 Å². The Morgan fingerprint density at radius 3 is 2.53 bits per heavy atom. The summed E-state index contributed by atoms with van der Waals surface area (Å²) in [5.41, 5.74) is 8.77. The van der Waals surface area contributed by atoms with Crippen LogP contribution in [-0.2, 0) is 0 Å². The molecular weight excluding hydrogens is 234 g/mol. The van der Waals surface area contributed by atoms with Crippen molar-refractivity contribution >= 4 is 17.3 Å². The lowest BCUT2D eigenvalue weighted by Crippen LogP contribution is -2.19. The minimum Gasteiger partial charge on any atom is -0.398 e. The second kappa shape index (κ2) is 5.17. The first kappa shape index (κ1) is 11.9. The van der Waals surface area contributed by atoms with E-state index in [4.69, 9.17) is 17.3 Å². The molecule has 3 N–H and O–H groups in total. The molecule has 0 spiro atoms. The maximum atomic E-state index is 5.96. The lowest BCUT2D eigenvalue weighted by molar-refractivity contribution is 0.691. The highest BCUT2D eigenvalue weighted by Gasteiger charge is 2.14. The molecule has 88 valence electrons. The van der Waals surface area contributed by atoms with E-state index in [9.17, 15) is 0 Å². The van der Waals surface area contributed by atoms with E-state index in [1.165, 1.54) is 0 Å². The molecule has 0 bridgehead atoms. The third-order valence-corrected chi connectivity index (χ3v) is 2.94. The van der Waals surface area contributed by atoms with Crippen LogP contribution in [0, 0.1) is 0 Å². The summed E-state index contributed by atoms with van der Waals surface area (Å²) in [7, 11) is 1.89. The van der Waals surface area contributed by atoms with E-state index in [1.54, 1.807) is 18.5 Å². The van der Waals surface area contributed by atoms with Gasteiger partial charge < -0.3 is 11.1 Å². The van der Waals surface area contributed by atoms with E-state index in [-0.39, 0.29) is 6.04 Å². The summed E-state index contributed by atoms with van der Waals surface area (Å²) in [6.45, 7) is 0. The van der Waals surface area contributed by atoms with Crippen LogP contribution < -0.4 is 11.1 Å². The van der Waals surface area contributed by atoms with Gasteiger partial charge in [-0.1, -0.05) is 23.7 Å². The van der Waals surface area contributed by atoms with E-state index in [2.05, 4.69) is 10.3 Å². The third kappa shape index (κ3) is 2.57. The van der Waals surface area contributed by atoms with Crippen LogP contribution in [0.2, 0.25) is 5.02 Å². The molecule has 0 fully saturated rings. The number of rotatable bonds is 3. The Hall–Kier alpha value is -1.58. The molecule has 1 heterocycles. The van der Waals surface area contributed by atoms with Crippen molar-refractivity contribution < 1.29 is 0 Å². The van der Waals surface area contributed by atoms with Gasteiger partial charge in [-0.2, -0.15) is 0 Å². The number of nitrogens with zero attached hydrogens (tertiary/aromatic N) is 1. The maximum absolute atomic E-state index is 5.96. The van der Waals surface area contributed by atoms with Gasteiger partial charge in [0.05, 0.1) is 6.04 Å². The van der Waals surface area contributed by atoms with E-state index in [1.807, 2.05) is 31.3 Å². The number of benzene rings is 1. The number of nitrogens with two attached hydrogens (primary N) is 1. The molecule has 0 aliphatic heterocycles. The Balaban J connectivity index is 2.40. The van der Waals surface area contributed by atoms with E-state index in [0.29, 0.717) is 0 Å². The minimum absolute atomic E-state index is 0.0287. The number of hydrogen-bond acceptors (Lipinski definition) is 3. The summed E-state index contributed by atoms with van der Waals surface area (Å²) in [5, 5.41) is 3.96. The smallest absolute Gasteiger partial charge is 0.0610 e. The van der Waals surface area contributed by atoms with Crippen molar-refractivity contribution in [2.24, 2.45) is 0 Å². The second-order valence-corrected chi connectivity index (χ2v) is 4.21. The Bertz CT molecular complexity index is 496. The number of halogens is 1. The predicted octanol–water partition coefficient (Wildman–Crippen LogP) is 2.63. The van der Waals surface area contributed by atoms with Gasteiger partial charge in [0.25, 0.3) is 0 Å². The highest BCUT2D eigenvalue weighted by Crippen LogP contribution is 2.26. The van der Waals surface area contributed by atoms with Gasteiger partial charge in [-0.05, 0) is 30.8 Å². The maximum Gasteiger partial charge on any atom is 0.0610 e. The van der Waals surface area contributed by atoms with E-state index < -0.39 is 0 Å². The van der Waals surface area contributed by atoms with Gasteiger partial charge in [0.15, 0.2) is 0 Å². The zero-order chi connectivity index (χ0) is 12.3. The standard InChI is InChI=1S/C13H14ClN3/c1-16-13(9-2-4-10(14)5-3-9)11-8-17-7-6-12(11)15/h2-8,13,16H,1H3,(H2,15,17). The van der Waals surface area contributed by atoms with Gasteiger partial charge in [0, 0.05) is 28.7 Å². The first-order valence-electron chi connectivity index (χ1n) is 5.34. The quantitative estimate of drug-likeness (QED) is 0.877. The molecule has 0 saturated heterocycles. The monoisotopic (exact) mass is 247 g/mol. The van der Waals surface area contributed by atoms with Crippen LogP contribution >= 0.6 is 11.6 Å². The largest absolute Gasteiger partial charge is 0.398 e. The van der Waals surface area contributed by atoms with Crippen molar-refractivity contribution in [1.82, 2.24) is 10.3 Å². The summed E-state index contributed by atoms with van der Waals surface area (Å²) in [6.07, 6.45) is 3.47. The molecule has 1 aromatic carbocycles. The topological polar surface area (TPSA) is 50.9 Å². The molecule has 0 aliphatic carbocycles. The summed E-state index contributed by atoms with van der Waals surface area (Å²) < 4.78 is 0. The molecular formula is C13H14ClN3. The third-order valence-electron chi connectivity index (χ3n) is 2.69. The number of aromatic nitrogens is 1. The zero-order valence-corrected chi connectivity index (χ0v) is 10.3. The van der Waals surface area contributed by atoms with E-state index in [0.717, 1.165) is 21.8 Å². The highest BCUT2D eigenvalue weighted by atomic mass is 35.5. The fraction of sp³-hybridized carbons (Fsp3) is 0.154. The van der Waals surface area contributed by atoms with Crippen molar-refractivity contribution in [2.75, 3.05) is 12.8 Å². The fourth-order valence-electron chi connectivity index (χ4n) is 1.82. The summed E-state index contributed by atoms with van der Waals surface area (Å²) >= 11 is 5.88. The first-order chi connectivity index (χ1) is 8.22. The van der Waals surface area contributed by atoms with Crippen LogP contribution in [0.4, 0.5) is 5.69 Å². The Morgan fingerprint density at radius 1 is 1.24 bits per heavy atom. The molecule has 2 rings (SSSR count). The SMILES string of the molecule is CNC(c1ccc(Cl)cc1)c1cnccc1N. The van der Waals surface area contributed by atoms with E-state index >= 15 is 0 Å². The molecule has 0 aliphatic rings. The molecule has 0 radical (unpaired) electrons. The molecule has 17 heavy (non-hydrogen) atoms. The Labute approximate surface area is 106 Å². The minimum atomic E-state index is 0.0287. The number of hydrogen-bond donors (Lipinski definition) is 2. The van der Waals surface area contributed by atoms with Crippen molar-refractivity contribution in [3.05, 3.63) is 58.9 Å². The first-order valence-corrected chi connectivity index (χ1v) is 5.72. The zero-order valence-electron chi connectivity index (χ0n) is 9.52. The van der Waals surface area contributed by atoms with Crippen molar-refractivity contribution in [1.29, 1.82) is 0 Å². The fourth-order valence-corrected chi connectivity index (χ4v) is 1.94. The normalized spacial score (nSPS) is 12.4. The average molecular weight is 248 g/mol. The van der Waals surface area contributed by atoms with Crippen LogP contribution in [0.3, 0.4) is 0 Å². The summed E-state index contributed by atoms with van der Waals surface area (Å²) in [4.78, 5) is 4.11. The molecule has 1 unspecified atom stereocenters. The van der Waals surface area contributed by atoms with Gasteiger partial charge in [0.1, 0.15) is 0 Å². The average Bonchev–Trinajstić information content (AvgIpc) is 2.35. The van der Waals surface area contributed by atoms with Gasteiger partial charge in [-0.3, -0.25) is 4.98 Å². The molecule has 3 nitrogen and oxygen atoms in total. The molecule has 0 saturated carbocycles. The molecule has 0 amide bonds. The van der Waals surface area contributed by atoms with Crippen molar-refractivity contribution in [2.45, 2.75) is 6.04 Å². The Kier molecular flexibility index (Phi) is 3.61. The van der Waals surface area contributed by atoms with Gasteiger partial charge in [-0.15, -0.1) is 0 Å². The predicted molar refractivity (Wildman–Crippen MR) is 71.0 cm³/mol. The van der Waals surface area contributed by atoms with Crippen molar-refractivity contribution in [3.8, 4) is 0 Å². The molecule has 2 aromatic rings. The number of anilines is 1. The summed E-state index contributed by atoms with van der Waals surface area (Å²) in [6, 6.07) is 9.53. The van der Waals surface area contributed by atoms with Crippen LogP contribution in [0.25, 0.3) is 0 Å². The number of pyridine rings is 1. The van der Waals surface area contributed by atoms with Gasteiger partial charge in [0.2, 0.25) is 0 Å². The van der Waals surface area contributed by atoms with Crippen LogP contribution in [0.15, 0.2) is 42.7 Å². The second-order valence-electron chi connectivity index (χ2n) is 3.78. The number of nitrogen functional groups attached to an aromatic ring is 1. The summed E-state index contributed by atoms with van der Waals surface area (Å²) in [5.74, 6) is 0. The molecule has 4 heteroatoms.